The molecule has 0 aliphatic heterocycles. The molecule has 1 aromatic rings. The second-order valence-electron chi connectivity index (χ2n) is 5.16. The standard InChI is InChI=1S/C14H21NO3S2/c1-19-14-4-2-3-13(14)15-20(17,18)10-12-7-5-11(9-16)6-8-12/h5-8,13-16H,2-4,9-10H2,1H3. The third-order valence-corrected chi connectivity index (χ3v) is 6.19. The van der Waals surface area contributed by atoms with E-state index in [-0.39, 0.29) is 18.4 Å². The van der Waals surface area contributed by atoms with Crippen LogP contribution in [0.15, 0.2) is 24.3 Å². The van der Waals surface area contributed by atoms with Crippen LogP contribution in [0.2, 0.25) is 0 Å². The lowest BCUT2D eigenvalue weighted by Gasteiger charge is -2.19. The van der Waals surface area contributed by atoms with E-state index in [1.54, 1.807) is 36.0 Å². The summed E-state index contributed by atoms with van der Waals surface area (Å²) in [4.78, 5) is 0. The zero-order valence-corrected chi connectivity index (χ0v) is 13.2. The zero-order chi connectivity index (χ0) is 14.6. The van der Waals surface area contributed by atoms with Gasteiger partial charge in [0.05, 0.1) is 12.4 Å². The van der Waals surface area contributed by atoms with Gasteiger partial charge in [0.1, 0.15) is 0 Å². The number of rotatable bonds is 6. The maximum absolute atomic E-state index is 12.2. The molecular formula is C14H21NO3S2. The number of aliphatic hydroxyl groups is 1. The topological polar surface area (TPSA) is 66.4 Å². The Morgan fingerprint density at radius 1 is 1.25 bits per heavy atom. The molecule has 0 amide bonds. The third-order valence-electron chi connectivity index (χ3n) is 3.65. The molecule has 1 aliphatic carbocycles. The Morgan fingerprint density at radius 2 is 1.90 bits per heavy atom. The average molecular weight is 315 g/mol. The first kappa shape index (κ1) is 15.8. The minimum atomic E-state index is -3.31. The summed E-state index contributed by atoms with van der Waals surface area (Å²) < 4.78 is 27.2. The lowest BCUT2D eigenvalue weighted by molar-refractivity contribution is 0.282. The maximum Gasteiger partial charge on any atom is 0.216 e. The number of aliphatic hydroxyl groups excluding tert-OH is 1. The van der Waals surface area contributed by atoms with Crippen LogP contribution in [0.3, 0.4) is 0 Å². The van der Waals surface area contributed by atoms with Gasteiger partial charge >= 0.3 is 0 Å². The molecule has 2 atom stereocenters. The summed E-state index contributed by atoms with van der Waals surface area (Å²) in [5.41, 5.74) is 1.53. The highest BCUT2D eigenvalue weighted by molar-refractivity contribution is 7.99. The van der Waals surface area contributed by atoms with Crippen LogP contribution in [0.4, 0.5) is 0 Å². The van der Waals surface area contributed by atoms with Gasteiger partial charge in [-0.15, -0.1) is 0 Å². The molecule has 0 aromatic heterocycles. The van der Waals surface area contributed by atoms with E-state index in [2.05, 4.69) is 4.72 Å². The van der Waals surface area contributed by atoms with E-state index in [0.29, 0.717) is 5.25 Å². The fourth-order valence-electron chi connectivity index (χ4n) is 2.58. The van der Waals surface area contributed by atoms with Crippen LogP contribution in [0.1, 0.15) is 30.4 Å². The van der Waals surface area contributed by atoms with Gasteiger partial charge in [0.25, 0.3) is 0 Å². The third kappa shape index (κ3) is 4.22. The van der Waals surface area contributed by atoms with Crippen LogP contribution in [0, 0.1) is 0 Å². The van der Waals surface area contributed by atoms with Crippen LogP contribution in [0.5, 0.6) is 0 Å². The molecular weight excluding hydrogens is 294 g/mol. The first-order valence-corrected chi connectivity index (χ1v) is 9.69. The predicted octanol–water partition coefficient (Wildman–Crippen LogP) is 1.88. The van der Waals surface area contributed by atoms with Gasteiger partial charge in [0, 0.05) is 11.3 Å². The van der Waals surface area contributed by atoms with Crippen molar-refractivity contribution in [2.45, 2.75) is 42.9 Å². The van der Waals surface area contributed by atoms with Gasteiger partial charge in [-0.1, -0.05) is 30.7 Å². The maximum atomic E-state index is 12.2. The fourth-order valence-corrected chi connectivity index (χ4v) is 5.05. The highest BCUT2D eigenvalue weighted by Gasteiger charge is 2.29. The van der Waals surface area contributed by atoms with Crippen molar-refractivity contribution in [2.75, 3.05) is 6.26 Å². The fraction of sp³-hybridized carbons (Fsp3) is 0.571. The molecule has 20 heavy (non-hydrogen) atoms. The molecule has 2 unspecified atom stereocenters. The van der Waals surface area contributed by atoms with E-state index in [1.165, 1.54) is 0 Å². The number of hydrogen-bond acceptors (Lipinski definition) is 4. The lowest BCUT2D eigenvalue weighted by atomic mass is 10.2. The van der Waals surface area contributed by atoms with Gasteiger partial charge < -0.3 is 5.11 Å². The molecule has 0 bridgehead atoms. The average Bonchev–Trinajstić information content (AvgIpc) is 2.85. The number of hydrogen-bond donors (Lipinski definition) is 2. The lowest BCUT2D eigenvalue weighted by Crippen LogP contribution is -2.39. The van der Waals surface area contributed by atoms with E-state index in [9.17, 15) is 8.42 Å². The Hall–Kier alpha value is -0.560. The summed E-state index contributed by atoms with van der Waals surface area (Å²) >= 11 is 1.74. The van der Waals surface area contributed by atoms with Crippen LogP contribution in [0.25, 0.3) is 0 Å². The van der Waals surface area contributed by atoms with Crippen molar-refractivity contribution in [3.05, 3.63) is 35.4 Å². The van der Waals surface area contributed by atoms with Crippen molar-refractivity contribution in [3.63, 3.8) is 0 Å². The zero-order valence-electron chi connectivity index (χ0n) is 11.6. The summed E-state index contributed by atoms with van der Waals surface area (Å²) in [5, 5.41) is 9.36. The van der Waals surface area contributed by atoms with Crippen LogP contribution < -0.4 is 4.72 Å². The first-order valence-electron chi connectivity index (χ1n) is 6.75. The summed E-state index contributed by atoms with van der Waals surface area (Å²) in [6.45, 7) is -0.0250. The van der Waals surface area contributed by atoms with Gasteiger partial charge in [-0.25, -0.2) is 13.1 Å². The predicted molar refractivity (Wildman–Crippen MR) is 83.1 cm³/mol. The summed E-state index contributed by atoms with van der Waals surface area (Å²) in [6.07, 6.45) is 5.13. The highest BCUT2D eigenvalue weighted by atomic mass is 32.2. The molecule has 0 saturated heterocycles. The van der Waals surface area contributed by atoms with Crippen molar-refractivity contribution in [1.82, 2.24) is 4.72 Å². The normalized spacial score (nSPS) is 23.1. The molecule has 1 aliphatic rings. The van der Waals surface area contributed by atoms with Crippen LogP contribution >= 0.6 is 11.8 Å². The SMILES string of the molecule is CSC1CCCC1NS(=O)(=O)Cc1ccc(CO)cc1. The van der Waals surface area contributed by atoms with Crippen molar-refractivity contribution < 1.29 is 13.5 Å². The first-order chi connectivity index (χ1) is 9.54. The number of thioether (sulfide) groups is 1. The Kier molecular flexibility index (Phi) is 5.49. The molecule has 2 N–H and O–H groups in total. The van der Waals surface area contributed by atoms with Gasteiger partial charge in [-0.2, -0.15) is 11.8 Å². The molecule has 6 heteroatoms. The molecule has 112 valence electrons. The number of benzene rings is 1. The van der Waals surface area contributed by atoms with Crippen LogP contribution in [-0.4, -0.2) is 31.1 Å². The monoisotopic (exact) mass is 315 g/mol. The van der Waals surface area contributed by atoms with E-state index < -0.39 is 10.0 Å². The van der Waals surface area contributed by atoms with Crippen molar-refractivity contribution in [1.29, 1.82) is 0 Å². The summed E-state index contributed by atoms with van der Waals surface area (Å²) in [5.74, 6) is -0.00366. The molecule has 4 nitrogen and oxygen atoms in total. The minimum absolute atomic E-state index is 0.00366. The summed E-state index contributed by atoms with van der Waals surface area (Å²) in [7, 11) is -3.31. The molecule has 0 radical (unpaired) electrons. The Labute approximate surface area is 125 Å². The van der Waals surface area contributed by atoms with Gasteiger partial charge in [0.2, 0.25) is 10.0 Å². The molecule has 2 rings (SSSR count). The Bertz CT molecular complexity index is 528. The van der Waals surface area contributed by atoms with Crippen LogP contribution in [-0.2, 0) is 22.4 Å². The Balaban J connectivity index is 1.99. The van der Waals surface area contributed by atoms with Crippen molar-refractivity contribution >= 4 is 21.8 Å². The van der Waals surface area contributed by atoms with Gasteiger partial charge in [-0.3, -0.25) is 0 Å². The second-order valence-corrected chi connectivity index (χ2v) is 7.99. The van der Waals surface area contributed by atoms with Crippen molar-refractivity contribution in [2.24, 2.45) is 0 Å². The molecule has 1 saturated carbocycles. The van der Waals surface area contributed by atoms with E-state index in [4.69, 9.17) is 5.11 Å². The number of nitrogens with one attached hydrogen (secondary N) is 1. The summed E-state index contributed by atoms with van der Waals surface area (Å²) in [6, 6.07) is 7.08. The molecule has 1 fully saturated rings. The number of sulfonamides is 1. The smallest absolute Gasteiger partial charge is 0.216 e. The molecule has 0 heterocycles. The molecule has 0 spiro atoms. The minimum Gasteiger partial charge on any atom is -0.392 e. The van der Waals surface area contributed by atoms with E-state index in [1.807, 2.05) is 6.26 Å². The van der Waals surface area contributed by atoms with Gasteiger partial charge in [0.15, 0.2) is 0 Å². The highest BCUT2D eigenvalue weighted by Crippen LogP contribution is 2.29. The second kappa shape index (κ2) is 6.93. The molecule has 1 aromatic carbocycles. The van der Waals surface area contributed by atoms with E-state index in [0.717, 1.165) is 30.4 Å². The largest absolute Gasteiger partial charge is 0.392 e. The van der Waals surface area contributed by atoms with Crippen molar-refractivity contribution in [3.8, 4) is 0 Å². The van der Waals surface area contributed by atoms with E-state index >= 15 is 0 Å². The van der Waals surface area contributed by atoms with Gasteiger partial charge in [-0.05, 0) is 30.2 Å². The quantitative estimate of drug-likeness (QED) is 0.841. The Morgan fingerprint density at radius 3 is 2.50 bits per heavy atom.